The molecule has 1 unspecified atom stereocenters. The molecule has 0 bridgehead atoms. The third-order valence-corrected chi connectivity index (χ3v) is 5.11. The van der Waals surface area contributed by atoms with Gasteiger partial charge in [-0.1, -0.05) is 6.07 Å². The van der Waals surface area contributed by atoms with Gasteiger partial charge in [0.1, 0.15) is 0 Å². The number of rotatable bonds is 6. The highest BCUT2D eigenvalue weighted by Crippen LogP contribution is 2.18. The van der Waals surface area contributed by atoms with E-state index >= 15 is 0 Å². The van der Waals surface area contributed by atoms with Crippen molar-refractivity contribution < 1.29 is 9.47 Å². The zero-order valence-electron chi connectivity index (χ0n) is 16.5. The molecule has 1 N–H and O–H groups in total. The number of hydrogen-bond donors (Lipinski definition) is 1. The molecular weight excluding hydrogens is 455 g/mol. The quantitative estimate of drug-likeness (QED) is 0.379. The molecule has 27 heavy (non-hydrogen) atoms. The van der Waals surface area contributed by atoms with E-state index in [1.165, 1.54) is 12.0 Å². The average Bonchev–Trinajstić information content (AvgIpc) is 3.19. The van der Waals surface area contributed by atoms with E-state index < -0.39 is 0 Å². The van der Waals surface area contributed by atoms with Crippen molar-refractivity contribution in [2.75, 3.05) is 32.8 Å². The van der Waals surface area contributed by atoms with Crippen LogP contribution in [-0.4, -0.2) is 60.9 Å². The minimum Gasteiger partial charge on any atom is -0.376 e. The number of hydrogen-bond acceptors (Lipinski definition) is 4. The highest BCUT2D eigenvalue weighted by molar-refractivity contribution is 14.0. The summed E-state index contributed by atoms with van der Waals surface area (Å²) in [7, 11) is 0. The lowest BCUT2D eigenvalue weighted by Gasteiger charge is -2.34. The topological polar surface area (TPSA) is 59.0 Å². The Labute approximate surface area is 180 Å². The number of ether oxygens (including phenoxy) is 2. The Morgan fingerprint density at radius 2 is 2.19 bits per heavy atom. The number of piperidine rings is 1. The van der Waals surface area contributed by atoms with E-state index in [0.29, 0.717) is 18.8 Å². The number of halogens is 1. The number of likely N-dealkylation sites (tertiary alicyclic amines) is 1. The summed E-state index contributed by atoms with van der Waals surface area (Å²) in [5.41, 5.74) is 2.23. The maximum atomic E-state index is 6.08. The molecule has 2 aliphatic rings. The van der Waals surface area contributed by atoms with Crippen LogP contribution in [0.25, 0.3) is 0 Å². The first-order valence-electron chi connectivity index (χ1n) is 9.93. The molecular formula is C20H33IN4O2. The van der Waals surface area contributed by atoms with Gasteiger partial charge in [-0.25, -0.2) is 4.99 Å². The largest absolute Gasteiger partial charge is 0.376 e. The van der Waals surface area contributed by atoms with Crippen molar-refractivity contribution in [2.45, 2.75) is 58.3 Å². The zero-order chi connectivity index (χ0) is 18.2. The molecule has 0 aliphatic carbocycles. The second-order valence-electron chi connectivity index (χ2n) is 7.09. The predicted octanol–water partition coefficient (Wildman–Crippen LogP) is 3.13. The lowest BCUT2D eigenvalue weighted by atomic mass is 10.1. The van der Waals surface area contributed by atoms with E-state index in [9.17, 15) is 0 Å². The molecule has 152 valence electrons. The normalized spacial score (nSPS) is 21.2. The minimum absolute atomic E-state index is 0. The summed E-state index contributed by atoms with van der Waals surface area (Å²) < 4.78 is 11.7. The first-order chi connectivity index (χ1) is 12.8. The van der Waals surface area contributed by atoms with Crippen LogP contribution in [-0.2, 0) is 16.0 Å². The van der Waals surface area contributed by atoms with Crippen LogP contribution in [0, 0.1) is 6.92 Å². The Bertz CT molecular complexity index is 585. The van der Waals surface area contributed by atoms with Gasteiger partial charge in [-0.05, 0) is 51.2 Å². The Balaban J connectivity index is 0.00000261. The van der Waals surface area contributed by atoms with Gasteiger partial charge in [-0.3, -0.25) is 4.98 Å². The minimum atomic E-state index is 0. The van der Waals surface area contributed by atoms with Crippen LogP contribution in [0.2, 0.25) is 0 Å². The number of guanidine groups is 1. The van der Waals surface area contributed by atoms with Gasteiger partial charge in [0.15, 0.2) is 5.96 Å². The molecule has 7 heteroatoms. The van der Waals surface area contributed by atoms with E-state index in [0.717, 1.165) is 63.8 Å². The summed E-state index contributed by atoms with van der Waals surface area (Å²) >= 11 is 0. The number of nitrogens with one attached hydrogen (secondary N) is 1. The maximum Gasteiger partial charge on any atom is 0.194 e. The molecule has 2 aliphatic heterocycles. The van der Waals surface area contributed by atoms with Gasteiger partial charge in [-0.15, -0.1) is 24.0 Å². The van der Waals surface area contributed by atoms with Crippen LogP contribution in [0.4, 0.5) is 0 Å². The second kappa shape index (κ2) is 11.8. The summed E-state index contributed by atoms with van der Waals surface area (Å²) in [6.45, 7) is 9.27. The molecule has 1 aromatic rings. The van der Waals surface area contributed by atoms with Crippen molar-refractivity contribution in [1.29, 1.82) is 0 Å². The number of pyridine rings is 1. The zero-order valence-corrected chi connectivity index (χ0v) is 18.9. The molecule has 1 aromatic heterocycles. The van der Waals surface area contributed by atoms with Crippen LogP contribution in [0.5, 0.6) is 0 Å². The standard InChI is InChI=1S/C20H32N4O2.HI/c1-3-21-20(23-14-19-16(2)6-4-10-22-19)24-11-8-17(9-12-24)26-15-18-7-5-13-25-18;/h4,6,10,17-18H,3,5,7-9,11-15H2,1-2H3,(H,21,23);1H. The molecule has 0 radical (unpaired) electrons. The number of aliphatic imine (C=N–C) groups is 1. The monoisotopic (exact) mass is 488 g/mol. The van der Waals surface area contributed by atoms with Crippen molar-refractivity contribution >= 4 is 29.9 Å². The molecule has 0 spiro atoms. The fourth-order valence-electron chi connectivity index (χ4n) is 3.51. The molecule has 6 nitrogen and oxygen atoms in total. The van der Waals surface area contributed by atoms with E-state index in [1.54, 1.807) is 0 Å². The maximum absolute atomic E-state index is 6.08. The lowest BCUT2D eigenvalue weighted by molar-refractivity contribution is -0.0367. The van der Waals surface area contributed by atoms with Crippen molar-refractivity contribution in [2.24, 2.45) is 4.99 Å². The van der Waals surface area contributed by atoms with E-state index in [4.69, 9.17) is 14.5 Å². The number of nitrogens with zero attached hydrogens (tertiary/aromatic N) is 3. The Morgan fingerprint density at radius 1 is 1.37 bits per heavy atom. The van der Waals surface area contributed by atoms with Gasteiger partial charge in [0.25, 0.3) is 0 Å². The van der Waals surface area contributed by atoms with Gasteiger partial charge in [-0.2, -0.15) is 0 Å². The van der Waals surface area contributed by atoms with E-state index in [2.05, 4.69) is 35.1 Å². The average molecular weight is 488 g/mol. The number of aromatic nitrogens is 1. The molecule has 0 saturated carbocycles. The summed E-state index contributed by atoms with van der Waals surface area (Å²) in [5, 5.41) is 3.42. The van der Waals surface area contributed by atoms with Gasteiger partial charge in [0.05, 0.1) is 31.1 Å². The van der Waals surface area contributed by atoms with E-state index in [1.807, 2.05) is 12.3 Å². The molecule has 3 rings (SSSR count). The Kier molecular flexibility index (Phi) is 9.78. The SMILES string of the molecule is CCNC(=NCc1ncccc1C)N1CCC(OCC2CCCO2)CC1.I. The molecule has 0 amide bonds. The van der Waals surface area contributed by atoms with Crippen LogP contribution in [0.1, 0.15) is 43.9 Å². The van der Waals surface area contributed by atoms with Crippen molar-refractivity contribution in [3.63, 3.8) is 0 Å². The predicted molar refractivity (Wildman–Crippen MR) is 119 cm³/mol. The summed E-state index contributed by atoms with van der Waals surface area (Å²) in [5.74, 6) is 0.982. The van der Waals surface area contributed by atoms with Crippen molar-refractivity contribution in [3.05, 3.63) is 29.6 Å². The van der Waals surface area contributed by atoms with Crippen LogP contribution in [0.15, 0.2) is 23.3 Å². The molecule has 1 atom stereocenters. The number of aryl methyl sites for hydroxylation is 1. The lowest BCUT2D eigenvalue weighted by Crippen LogP contribution is -2.47. The van der Waals surface area contributed by atoms with Gasteiger partial charge >= 0.3 is 0 Å². The summed E-state index contributed by atoms with van der Waals surface area (Å²) in [6.07, 6.45) is 6.89. The highest BCUT2D eigenvalue weighted by Gasteiger charge is 2.24. The smallest absolute Gasteiger partial charge is 0.194 e. The first-order valence-corrected chi connectivity index (χ1v) is 9.93. The fraction of sp³-hybridized carbons (Fsp3) is 0.700. The second-order valence-corrected chi connectivity index (χ2v) is 7.09. The fourth-order valence-corrected chi connectivity index (χ4v) is 3.51. The Hall–Kier alpha value is -0.930. The molecule has 2 fully saturated rings. The van der Waals surface area contributed by atoms with Gasteiger partial charge in [0.2, 0.25) is 0 Å². The summed E-state index contributed by atoms with van der Waals surface area (Å²) in [4.78, 5) is 11.6. The molecule has 2 saturated heterocycles. The van der Waals surface area contributed by atoms with Crippen molar-refractivity contribution in [3.8, 4) is 0 Å². The van der Waals surface area contributed by atoms with E-state index in [-0.39, 0.29) is 24.0 Å². The van der Waals surface area contributed by atoms with Gasteiger partial charge < -0.3 is 19.7 Å². The van der Waals surface area contributed by atoms with Crippen molar-refractivity contribution in [1.82, 2.24) is 15.2 Å². The third kappa shape index (κ3) is 6.87. The third-order valence-electron chi connectivity index (χ3n) is 5.11. The first kappa shape index (κ1) is 22.4. The van der Waals surface area contributed by atoms with Crippen LogP contribution in [0.3, 0.4) is 0 Å². The Morgan fingerprint density at radius 3 is 2.85 bits per heavy atom. The highest BCUT2D eigenvalue weighted by atomic mass is 127. The molecule has 3 heterocycles. The molecule has 0 aromatic carbocycles. The summed E-state index contributed by atoms with van der Waals surface area (Å²) in [6, 6.07) is 4.05. The van der Waals surface area contributed by atoms with Crippen LogP contribution >= 0.6 is 24.0 Å². The van der Waals surface area contributed by atoms with Crippen LogP contribution < -0.4 is 5.32 Å². The van der Waals surface area contributed by atoms with Gasteiger partial charge in [0, 0.05) is 32.4 Å².